The van der Waals surface area contributed by atoms with Crippen LogP contribution in [0.2, 0.25) is 0 Å². The monoisotopic (exact) mass is 639 g/mol. The molecule has 0 bridgehead atoms. The first-order valence-corrected chi connectivity index (χ1v) is 17.1. The van der Waals surface area contributed by atoms with Gasteiger partial charge in [-0.05, 0) is 54.0 Å². The lowest BCUT2D eigenvalue weighted by molar-refractivity contribution is -0.384. The molecule has 0 heterocycles. The number of nitrogens with zero attached hydrogens (tertiary/aromatic N) is 1. The summed E-state index contributed by atoms with van der Waals surface area (Å²) in [6.45, 7) is 2.98. The minimum Gasteiger partial charge on any atom is -0.494 e. The van der Waals surface area contributed by atoms with Crippen molar-refractivity contribution in [2.45, 2.75) is 96.8 Å². The molecule has 0 radical (unpaired) electrons. The van der Waals surface area contributed by atoms with Gasteiger partial charge in [0.2, 0.25) is 0 Å². The number of nitro benzene ring substituents is 1. The molecular formula is C40H49NO6. The van der Waals surface area contributed by atoms with Gasteiger partial charge in [0, 0.05) is 23.8 Å². The zero-order chi connectivity index (χ0) is 33.5. The lowest BCUT2D eigenvalue weighted by atomic mass is 10.0. The van der Waals surface area contributed by atoms with Gasteiger partial charge in [0.05, 0.1) is 11.5 Å². The van der Waals surface area contributed by atoms with Crippen LogP contribution in [0.5, 0.6) is 11.5 Å². The molecule has 0 aliphatic heterocycles. The zero-order valence-corrected chi connectivity index (χ0v) is 27.7. The highest BCUT2D eigenvalue weighted by Gasteiger charge is 2.09. The number of rotatable bonds is 23. The first kappa shape index (κ1) is 36.9. The highest BCUT2D eigenvalue weighted by Crippen LogP contribution is 2.18. The molecule has 7 heteroatoms. The molecule has 250 valence electrons. The van der Waals surface area contributed by atoms with E-state index in [0.717, 1.165) is 17.7 Å². The van der Waals surface area contributed by atoms with Crippen molar-refractivity contribution in [3.8, 4) is 11.5 Å². The number of hydrogen-bond acceptors (Lipinski definition) is 6. The topological polar surface area (TPSA) is 95.7 Å². The van der Waals surface area contributed by atoms with Gasteiger partial charge in [0.1, 0.15) is 11.5 Å². The minimum absolute atomic E-state index is 0.138. The molecule has 0 fully saturated rings. The lowest BCUT2D eigenvalue weighted by Gasteiger charge is -2.07. The van der Waals surface area contributed by atoms with Crippen LogP contribution in [-0.2, 0) is 4.79 Å². The van der Waals surface area contributed by atoms with E-state index in [9.17, 15) is 19.7 Å². The highest BCUT2D eigenvalue weighted by molar-refractivity contribution is 6.07. The van der Waals surface area contributed by atoms with Crippen molar-refractivity contribution in [3.63, 3.8) is 0 Å². The van der Waals surface area contributed by atoms with Gasteiger partial charge in [0.15, 0.2) is 5.78 Å². The number of ether oxygens (including phenoxy) is 2. The number of non-ortho nitro benzene ring substituents is 1. The quantitative estimate of drug-likeness (QED) is 0.0195. The van der Waals surface area contributed by atoms with Crippen molar-refractivity contribution < 1.29 is 24.0 Å². The van der Waals surface area contributed by atoms with Crippen LogP contribution in [-0.4, -0.2) is 23.3 Å². The van der Waals surface area contributed by atoms with Gasteiger partial charge in [0.25, 0.3) is 5.69 Å². The molecule has 3 aromatic rings. The molecule has 0 amide bonds. The molecule has 0 aliphatic rings. The largest absolute Gasteiger partial charge is 0.494 e. The molecule has 7 nitrogen and oxygen atoms in total. The molecule has 0 aliphatic carbocycles. The Morgan fingerprint density at radius 3 is 1.72 bits per heavy atom. The third-order valence-electron chi connectivity index (χ3n) is 7.93. The molecule has 0 atom stereocenters. The van der Waals surface area contributed by atoms with Crippen LogP contribution in [0.3, 0.4) is 0 Å². The van der Waals surface area contributed by atoms with Gasteiger partial charge in [-0.3, -0.25) is 14.9 Å². The number of ketones is 1. The van der Waals surface area contributed by atoms with Gasteiger partial charge in [-0.25, -0.2) is 4.79 Å². The Labute approximate surface area is 279 Å². The lowest BCUT2D eigenvalue weighted by Crippen LogP contribution is -2.03. The van der Waals surface area contributed by atoms with Crippen LogP contribution in [0.25, 0.3) is 12.2 Å². The van der Waals surface area contributed by atoms with E-state index in [1.54, 1.807) is 36.4 Å². The molecule has 3 aromatic carbocycles. The van der Waals surface area contributed by atoms with Crippen LogP contribution in [0.4, 0.5) is 5.69 Å². The normalized spacial score (nSPS) is 11.3. The SMILES string of the molecule is CCCCCCCCCCCCCCCCOc1ccc(/C=C/C(=O)Oc2ccc(/C=C/C(=O)c3cccc([N+](=O)[O-])c3)cc2)cc1. The van der Waals surface area contributed by atoms with E-state index < -0.39 is 10.9 Å². The molecule has 0 unspecified atom stereocenters. The summed E-state index contributed by atoms with van der Waals surface area (Å²) >= 11 is 0. The van der Waals surface area contributed by atoms with Gasteiger partial charge < -0.3 is 9.47 Å². The van der Waals surface area contributed by atoms with Crippen molar-refractivity contribution in [2.75, 3.05) is 6.61 Å². The smallest absolute Gasteiger partial charge is 0.336 e. The van der Waals surface area contributed by atoms with Crippen LogP contribution >= 0.6 is 0 Å². The highest BCUT2D eigenvalue weighted by atomic mass is 16.6. The maximum absolute atomic E-state index is 12.4. The maximum Gasteiger partial charge on any atom is 0.336 e. The Morgan fingerprint density at radius 1 is 0.660 bits per heavy atom. The Bertz CT molecular complexity index is 1430. The van der Waals surface area contributed by atoms with E-state index in [0.29, 0.717) is 17.9 Å². The van der Waals surface area contributed by atoms with E-state index in [2.05, 4.69) is 6.92 Å². The number of unbranched alkanes of at least 4 members (excludes halogenated alkanes) is 13. The summed E-state index contributed by atoms with van der Waals surface area (Å²) in [5.41, 5.74) is 1.67. The van der Waals surface area contributed by atoms with E-state index in [-0.39, 0.29) is 17.0 Å². The van der Waals surface area contributed by atoms with Gasteiger partial charge >= 0.3 is 5.97 Å². The average Bonchev–Trinajstić information content (AvgIpc) is 3.09. The van der Waals surface area contributed by atoms with Crippen LogP contribution in [0.15, 0.2) is 84.9 Å². The number of allylic oxidation sites excluding steroid dienone is 1. The third kappa shape index (κ3) is 15.6. The van der Waals surface area contributed by atoms with Gasteiger partial charge in [-0.15, -0.1) is 0 Å². The third-order valence-corrected chi connectivity index (χ3v) is 7.93. The molecule has 0 saturated carbocycles. The zero-order valence-electron chi connectivity index (χ0n) is 27.7. The van der Waals surface area contributed by atoms with Crippen molar-refractivity contribution in [1.29, 1.82) is 0 Å². The first-order chi connectivity index (χ1) is 22.9. The summed E-state index contributed by atoms with van der Waals surface area (Å²) in [4.78, 5) is 35.1. The molecule has 0 spiro atoms. The van der Waals surface area contributed by atoms with Crippen LogP contribution < -0.4 is 9.47 Å². The molecule has 0 N–H and O–H groups in total. The van der Waals surface area contributed by atoms with Gasteiger partial charge in [-0.2, -0.15) is 0 Å². The predicted octanol–water partition coefficient (Wildman–Crippen LogP) is 11.0. The molecule has 3 rings (SSSR count). The number of nitro groups is 1. The number of carbonyl (C=O) groups is 2. The summed E-state index contributed by atoms with van der Waals surface area (Å²) in [6, 6.07) is 19.9. The number of benzene rings is 3. The summed E-state index contributed by atoms with van der Waals surface area (Å²) in [5.74, 6) is 0.334. The van der Waals surface area contributed by atoms with E-state index in [1.807, 2.05) is 24.3 Å². The Balaban J connectivity index is 1.27. The van der Waals surface area contributed by atoms with Crippen molar-refractivity contribution in [1.82, 2.24) is 0 Å². The van der Waals surface area contributed by atoms with Crippen LogP contribution in [0.1, 0.15) is 118 Å². The summed E-state index contributed by atoms with van der Waals surface area (Å²) in [7, 11) is 0. The van der Waals surface area contributed by atoms with E-state index >= 15 is 0 Å². The maximum atomic E-state index is 12.4. The molecule has 0 saturated heterocycles. The summed E-state index contributed by atoms with van der Waals surface area (Å²) in [6.07, 6.45) is 24.7. The number of carbonyl (C=O) groups excluding carboxylic acids is 2. The summed E-state index contributed by atoms with van der Waals surface area (Å²) in [5, 5.41) is 10.9. The second-order valence-electron chi connectivity index (χ2n) is 11.8. The average molecular weight is 640 g/mol. The summed E-state index contributed by atoms with van der Waals surface area (Å²) < 4.78 is 11.3. The van der Waals surface area contributed by atoms with Crippen molar-refractivity contribution in [3.05, 3.63) is 112 Å². The van der Waals surface area contributed by atoms with Gasteiger partial charge in [-0.1, -0.05) is 133 Å². The second-order valence-corrected chi connectivity index (χ2v) is 11.8. The fourth-order valence-electron chi connectivity index (χ4n) is 5.16. The van der Waals surface area contributed by atoms with E-state index in [4.69, 9.17) is 9.47 Å². The first-order valence-electron chi connectivity index (χ1n) is 17.1. The standard InChI is InChI=1S/C40H49NO6/c1-2-3-4-5-6-7-8-9-10-11-12-13-14-15-31-46-37-25-19-34(20-26-37)24-30-40(43)47-38-27-21-33(22-28-38)23-29-39(42)35-17-16-18-36(32-35)41(44)45/h16-30,32H,2-15,31H2,1H3/b29-23+,30-24+. The fraction of sp³-hybridized carbons (Fsp3) is 0.400. The predicted molar refractivity (Wildman–Crippen MR) is 190 cm³/mol. The minimum atomic E-state index is -0.539. The molecular weight excluding hydrogens is 590 g/mol. The van der Waals surface area contributed by atoms with E-state index in [1.165, 1.54) is 120 Å². The Kier molecular flexibility index (Phi) is 17.4. The Morgan fingerprint density at radius 2 is 1.17 bits per heavy atom. The molecule has 47 heavy (non-hydrogen) atoms. The number of esters is 1. The fourth-order valence-corrected chi connectivity index (χ4v) is 5.16. The number of hydrogen-bond donors (Lipinski definition) is 0. The molecule has 0 aromatic heterocycles. The second kappa shape index (κ2) is 22.1. The van der Waals surface area contributed by atoms with Crippen molar-refractivity contribution >= 4 is 29.6 Å². The Hall–Kier alpha value is -4.52. The van der Waals surface area contributed by atoms with Crippen LogP contribution in [0, 0.1) is 10.1 Å². The van der Waals surface area contributed by atoms with Crippen molar-refractivity contribution in [2.24, 2.45) is 0 Å².